The lowest BCUT2D eigenvalue weighted by Gasteiger charge is -2.06. The Morgan fingerprint density at radius 2 is 2.17 bits per heavy atom. The molecule has 0 unspecified atom stereocenters. The number of benzene rings is 1. The number of nitrogens with one attached hydrogen (secondary N) is 3. The van der Waals surface area contributed by atoms with Crippen molar-refractivity contribution in [2.24, 2.45) is 0 Å². The molecule has 18 heavy (non-hydrogen) atoms. The van der Waals surface area contributed by atoms with Gasteiger partial charge in [-0.2, -0.15) is 0 Å². The molecule has 1 aromatic heterocycles. The number of H-pyrrole nitrogens is 1. The van der Waals surface area contributed by atoms with E-state index in [1.807, 2.05) is 18.2 Å². The molecule has 0 atom stereocenters. The number of hydrogen-bond acceptors (Lipinski definition) is 4. The Hall–Kier alpha value is -2.30. The van der Waals surface area contributed by atoms with E-state index in [-0.39, 0.29) is 5.56 Å². The zero-order chi connectivity index (χ0) is 12.8. The van der Waals surface area contributed by atoms with Crippen LogP contribution >= 0.6 is 0 Å². The molecule has 0 saturated heterocycles. The Morgan fingerprint density at radius 3 is 3.00 bits per heavy atom. The number of anilines is 1. The Bertz CT molecular complexity index is 591. The van der Waals surface area contributed by atoms with E-state index in [0.29, 0.717) is 16.9 Å². The van der Waals surface area contributed by atoms with Crippen LogP contribution in [0.2, 0.25) is 0 Å². The maximum absolute atomic E-state index is 11.8. The molecule has 5 nitrogen and oxygen atoms in total. The van der Waals surface area contributed by atoms with Crippen molar-refractivity contribution < 1.29 is 0 Å². The summed E-state index contributed by atoms with van der Waals surface area (Å²) in [6, 6.07) is 7.29. The summed E-state index contributed by atoms with van der Waals surface area (Å²) in [6.45, 7) is 5.15. The van der Waals surface area contributed by atoms with Gasteiger partial charge in [-0.05, 0) is 24.8 Å². The average molecular weight is 244 g/mol. The lowest BCUT2D eigenvalue weighted by molar-refractivity contribution is 0.776. The van der Waals surface area contributed by atoms with Crippen LogP contribution < -0.4 is 16.2 Å². The van der Waals surface area contributed by atoms with Crippen LogP contribution in [0.4, 0.5) is 5.95 Å². The molecule has 0 spiro atoms. The van der Waals surface area contributed by atoms with Gasteiger partial charge >= 0.3 is 0 Å². The van der Waals surface area contributed by atoms with Crippen molar-refractivity contribution in [3.8, 4) is 0 Å². The van der Waals surface area contributed by atoms with Gasteiger partial charge in [0.1, 0.15) is 0 Å². The fraction of sp³-hybridized carbons (Fsp3) is 0.231. The van der Waals surface area contributed by atoms with E-state index >= 15 is 0 Å². The second-order valence-electron chi connectivity index (χ2n) is 3.87. The maximum Gasteiger partial charge on any atom is 0.260 e. The Morgan fingerprint density at radius 1 is 1.33 bits per heavy atom. The van der Waals surface area contributed by atoms with Crippen molar-refractivity contribution in [3.63, 3.8) is 0 Å². The van der Waals surface area contributed by atoms with Gasteiger partial charge in [0.2, 0.25) is 5.95 Å². The van der Waals surface area contributed by atoms with E-state index in [0.717, 1.165) is 19.5 Å². The summed E-state index contributed by atoms with van der Waals surface area (Å²) in [5.74, 6) is 0.511. The molecule has 1 heterocycles. The van der Waals surface area contributed by atoms with Crippen LogP contribution in [0.5, 0.6) is 0 Å². The standard InChI is InChI=1S/C13H16N4O/c1-2-14-8-5-9-15-13-16-11-7-4-3-6-10(11)12(18)17-13/h2-4,6-7,14H,1,5,8-9H2,(H2,15,16,17,18). The third kappa shape index (κ3) is 2.88. The van der Waals surface area contributed by atoms with Gasteiger partial charge in [-0.25, -0.2) is 4.98 Å². The third-order valence-electron chi connectivity index (χ3n) is 2.55. The van der Waals surface area contributed by atoms with Gasteiger partial charge < -0.3 is 10.6 Å². The molecule has 0 bridgehead atoms. The van der Waals surface area contributed by atoms with Gasteiger partial charge in [0.25, 0.3) is 5.56 Å². The first kappa shape index (κ1) is 12.2. The highest BCUT2D eigenvalue weighted by Gasteiger charge is 2.01. The van der Waals surface area contributed by atoms with Crippen LogP contribution in [0, 0.1) is 0 Å². The maximum atomic E-state index is 11.8. The second kappa shape index (κ2) is 5.86. The first-order valence-corrected chi connectivity index (χ1v) is 5.88. The van der Waals surface area contributed by atoms with Crippen molar-refractivity contribution in [2.45, 2.75) is 6.42 Å². The van der Waals surface area contributed by atoms with Crippen LogP contribution in [0.25, 0.3) is 10.9 Å². The highest BCUT2D eigenvalue weighted by atomic mass is 16.1. The zero-order valence-electron chi connectivity index (χ0n) is 10.1. The molecule has 3 N–H and O–H groups in total. The van der Waals surface area contributed by atoms with Crippen molar-refractivity contribution >= 4 is 16.9 Å². The van der Waals surface area contributed by atoms with Gasteiger partial charge in [-0.1, -0.05) is 18.7 Å². The zero-order valence-corrected chi connectivity index (χ0v) is 10.1. The molecule has 0 aliphatic rings. The highest BCUT2D eigenvalue weighted by Crippen LogP contribution is 2.07. The summed E-state index contributed by atoms with van der Waals surface area (Å²) >= 11 is 0. The molecule has 0 aliphatic heterocycles. The molecular formula is C13H16N4O. The molecule has 5 heteroatoms. The van der Waals surface area contributed by atoms with E-state index < -0.39 is 0 Å². The smallest absolute Gasteiger partial charge is 0.260 e. The van der Waals surface area contributed by atoms with Crippen LogP contribution in [-0.4, -0.2) is 23.1 Å². The minimum atomic E-state index is -0.118. The molecule has 0 amide bonds. The summed E-state index contributed by atoms with van der Waals surface area (Å²) in [4.78, 5) is 18.8. The van der Waals surface area contributed by atoms with Gasteiger partial charge in [0, 0.05) is 13.1 Å². The van der Waals surface area contributed by atoms with Crippen molar-refractivity contribution in [3.05, 3.63) is 47.4 Å². The summed E-state index contributed by atoms with van der Waals surface area (Å²) < 4.78 is 0. The fourth-order valence-electron chi connectivity index (χ4n) is 1.67. The number of fused-ring (bicyclic) bond motifs is 1. The number of aromatic amines is 1. The van der Waals surface area contributed by atoms with Gasteiger partial charge in [-0.3, -0.25) is 9.78 Å². The monoisotopic (exact) mass is 244 g/mol. The first-order valence-electron chi connectivity index (χ1n) is 5.88. The van der Waals surface area contributed by atoms with E-state index in [4.69, 9.17) is 0 Å². The minimum Gasteiger partial charge on any atom is -0.391 e. The van der Waals surface area contributed by atoms with E-state index in [9.17, 15) is 4.79 Å². The quantitative estimate of drug-likeness (QED) is 0.673. The minimum absolute atomic E-state index is 0.118. The van der Waals surface area contributed by atoms with E-state index in [2.05, 4.69) is 27.2 Å². The number of nitrogens with zero attached hydrogens (tertiary/aromatic N) is 1. The normalized spacial score (nSPS) is 10.2. The fourth-order valence-corrected chi connectivity index (χ4v) is 1.67. The summed E-state index contributed by atoms with van der Waals surface area (Å²) in [6.07, 6.45) is 2.58. The predicted octanol–water partition coefficient (Wildman–Crippen LogP) is 1.46. The molecule has 2 aromatic rings. The predicted molar refractivity (Wildman–Crippen MR) is 73.7 cm³/mol. The molecule has 0 fully saturated rings. The summed E-state index contributed by atoms with van der Waals surface area (Å²) in [5, 5.41) is 6.71. The van der Waals surface area contributed by atoms with Crippen molar-refractivity contribution in [1.82, 2.24) is 15.3 Å². The van der Waals surface area contributed by atoms with Crippen LogP contribution in [0.3, 0.4) is 0 Å². The number of aromatic nitrogens is 2. The molecule has 0 radical (unpaired) electrons. The number of rotatable bonds is 6. The molecule has 1 aromatic carbocycles. The number of hydrogen-bond donors (Lipinski definition) is 3. The SMILES string of the molecule is C=CNCCCNc1nc2ccccc2c(=O)[nH]1. The first-order chi connectivity index (χ1) is 8.81. The lowest BCUT2D eigenvalue weighted by atomic mass is 10.2. The van der Waals surface area contributed by atoms with Gasteiger partial charge in [0.05, 0.1) is 10.9 Å². The van der Waals surface area contributed by atoms with Crippen molar-refractivity contribution in [1.29, 1.82) is 0 Å². The summed E-state index contributed by atoms with van der Waals surface area (Å²) in [7, 11) is 0. The molecular weight excluding hydrogens is 228 g/mol. The van der Waals surface area contributed by atoms with Gasteiger partial charge in [0.15, 0.2) is 0 Å². The largest absolute Gasteiger partial charge is 0.391 e. The van der Waals surface area contributed by atoms with Crippen LogP contribution in [-0.2, 0) is 0 Å². The van der Waals surface area contributed by atoms with Gasteiger partial charge in [-0.15, -0.1) is 0 Å². The Kier molecular flexibility index (Phi) is 3.96. The summed E-state index contributed by atoms with van der Waals surface area (Å²) in [5.41, 5.74) is 0.584. The second-order valence-corrected chi connectivity index (χ2v) is 3.87. The highest BCUT2D eigenvalue weighted by molar-refractivity contribution is 5.78. The molecule has 94 valence electrons. The van der Waals surface area contributed by atoms with Crippen LogP contribution in [0.15, 0.2) is 41.8 Å². The molecule has 0 aliphatic carbocycles. The lowest BCUT2D eigenvalue weighted by Crippen LogP contribution is -2.16. The number of para-hydroxylation sites is 1. The Balaban J connectivity index is 2.05. The van der Waals surface area contributed by atoms with Crippen molar-refractivity contribution in [2.75, 3.05) is 18.4 Å². The van der Waals surface area contributed by atoms with E-state index in [1.165, 1.54) is 0 Å². The average Bonchev–Trinajstić information content (AvgIpc) is 2.39. The molecule has 0 saturated carbocycles. The van der Waals surface area contributed by atoms with Crippen LogP contribution in [0.1, 0.15) is 6.42 Å². The van der Waals surface area contributed by atoms with E-state index in [1.54, 1.807) is 12.3 Å². The Labute approximate surface area is 105 Å². The third-order valence-corrected chi connectivity index (χ3v) is 2.55. The topological polar surface area (TPSA) is 69.8 Å². The molecule has 2 rings (SSSR count).